The lowest BCUT2D eigenvalue weighted by Crippen LogP contribution is -2.41. The molecule has 0 saturated heterocycles. The van der Waals surface area contributed by atoms with E-state index in [0.717, 1.165) is 25.7 Å². The molecule has 0 atom stereocenters. The molecule has 1 aliphatic carbocycles. The lowest BCUT2D eigenvalue weighted by molar-refractivity contribution is 0.0919. The molecule has 0 spiro atoms. The molecule has 0 unspecified atom stereocenters. The third-order valence-electron chi connectivity index (χ3n) is 3.66. The van der Waals surface area contributed by atoms with Crippen LogP contribution in [0.1, 0.15) is 36.0 Å². The van der Waals surface area contributed by atoms with E-state index in [1.807, 2.05) is 7.05 Å². The van der Waals surface area contributed by atoms with E-state index >= 15 is 0 Å². The van der Waals surface area contributed by atoms with Gasteiger partial charge in [-0.2, -0.15) is 0 Å². The highest BCUT2D eigenvalue weighted by molar-refractivity contribution is 9.10. The third kappa shape index (κ3) is 3.54. The second-order valence-corrected chi connectivity index (χ2v) is 5.76. The highest BCUT2D eigenvalue weighted by Gasteiger charge is 2.23. The molecule has 0 bridgehead atoms. The Hall–Kier alpha value is -0.940. The SMILES string of the molecule is CNC1CCC(NC(=O)c2c(F)cccc2Br)CC1. The molecule has 1 aromatic rings. The van der Waals surface area contributed by atoms with Gasteiger partial charge < -0.3 is 10.6 Å². The molecule has 2 N–H and O–H groups in total. The average Bonchev–Trinajstić information content (AvgIpc) is 2.39. The van der Waals surface area contributed by atoms with Crippen molar-refractivity contribution in [3.63, 3.8) is 0 Å². The number of rotatable bonds is 3. The molecule has 0 heterocycles. The number of carbonyl (C=O) groups excluding carboxylic acids is 1. The molecule has 0 radical (unpaired) electrons. The molecule has 2 rings (SSSR count). The van der Waals surface area contributed by atoms with Gasteiger partial charge in [0.15, 0.2) is 0 Å². The summed E-state index contributed by atoms with van der Waals surface area (Å²) in [4.78, 5) is 12.1. The summed E-state index contributed by atoms with van der Waals surface area (Å²) < 4.78 is 14.2. The van der Waals surface area contributed by atoms with Crippen molar-refractivity contribution < 1.29 is 9.18 Å². The van der Waals surface area contributed by atoms with Gasteiger partial charge in [0.25, 0.3) is 5.91 Å². The van der Waals surface area contributed by atoms with Crippen LogP contribution in [0.3, 0.4) is 0 Å². The molecular weight excluding hydrogens is 311 g/mol. The maximum Gasteiger partial charge on any atom is 0.255 e. The van der Waals surface area contributed by atoms with Gasteiger partial charge in [-0.15, -0.1) is 0 Å². The molecule has 19 heavy (non-hydrogen) atoms. The lowest BCUT2D eigenvalue weighted by Gasteiger charge is -2.28. The molecule has 5 heteroatoms. The summed E-state index contributed by atoms with van der Waals surface area (Å²) in [6, 6.07) is 5.24. The first-order valence-electron chi connectivity index (χ1n) is 6.54. The van der Waals surface area contributed by atoms with E-state index < -0.39 is 5.82 Å². The van der Waals surface area contributed by atoms with Crippen molar-refractivity contribution in [2.75, 3.05) is 7.05 Å². The Labute approximate surface area is 121 Å². The smallest absolute Gasteiger partial charge is 0.255 e. The second-order valence-electron chi connectivity index (χ2n) is 4.91. The first kappa shape index (κ1) is 14.5. The minimum absolute atomic E-state index is 0.0956. The van der Waals surface area contributed by atoms with Crippen molar-refractivity contribution in [2.24, 2.45) is 0 Å². The topological polar surface area (TPSA) is 41.1 Å². The van der Waals surface area contributed by atoms with Crippen molar-refractivity contribution in [1.29, 1.82) is 0 Å². The molecule has 1 amide bonds. The van der Waals surface area contributed by atoms with E-state index in [9.17, 15) is 9.18 Å². The molecule has 1 aromatic carbocycles. The summed E-state index contributed by atoms with van der Waals surface area (Å²) >= 11 is 3.22. The number of halogens is 2. The van der Waals surface area contributed by atoms with E-state index in [0.29, 0.717) is 10.5 Å². The minimum Gasteiger partial charge on any atom is -0.349 e. The normalized spacial score (nSPS) is 23.1. The van der Waals surface area contributed by atoms with Crippen molar-refractivity contribution in [3.05, 3.63) is 34.1 Å². The Bertz CT molecular complexity index is 439. The maximum absolute atomic E-state index is 13.7. The van der Waals surface area contributed by atoms with Crippen LogP contribution in [0, 0.1) is 5.82 Å². The standard InChI is InChI=1S/C14H18BrFN2O/c1-17-9-5-7-10(8-6-9)18-14(19)13-11(15)3-2-4-12(13)16/h2-4,9-10,17H,5-8H2,1H3,(H,18,19). The third-order valence-corrected chi connectivity index (χ3v) is 4.32. The monoisotopic (exact) mass is 328 g/mol. The van der Waals surface area contributed by atoms with Crippen LogP contribution in [0.2, 0.25) is 0 Å². The van der Waals surface area contributed by atoms with Gasteiger partial charge >= 0.3 is 0 Å². The van der Waals surface area contributed by atoms with Crippen LogP contribution in [0.4, 0.5) is 4.39 Å². The van der Waals surface area contributed by atoms with Crippen LogP contribution in [0.25, 0.3) is 0 Å². The van der Waals surface area contributed by atoms with Gasteiger partial charge in [-0.3, -0.25) is 4.79 Å². The van der Waals surface area contributed by atoms with Crippen molar-refractivity contribution in [1.82, 2.24) is 10.6 Å². The zero-order chi connectivity index (χ0) is 13.8. The Morgan fingerprint density at radius 1 is 1.26 bits per heavy atom. The van der Waals surface area contributed by atoms with Crippen molar-refractivity contribution in [3.8, 4) is 0 Å². The van der Waals surface area contributed by atoms with Crippen LogP contribution < -0.4 is 10.6 Å². The Kier molecular flexibility index (Phi) is 4.93. The van der Waals surface area contributed by atoms with Gasteiger partial charge in [0.05, 0.1) is 5.56 Å². The van der Waals surface area contributed by atoms with Crippen molar-refractivity contribution in [2.45, 2.75) is 37.8 Å². The summed E-state index contributed by atoms with van der Waals surface area (Å²) in [5.41, 5.74) is 0.0956. The number of hydrogen-bond acceptors (Lipinski definition) is 2. The zero-order valence-corrected chi connectivity index (χ0v) is 12.5. The van der Waals surface area contributed by atoms with Gasteiger partial charge in [0, 0.05) is 16.6 Å². The molecular formula is C14H18BrFN2O. The Morgan fingerprint density at radius 3 is 2.47 bits per heavy atom. The zero-order valence-electron chi connectivity index (χ0n) is 10.9. The lowest BCUT2D eigenvalue weighted by atomic mass is 9.91. The summed E-state index contributed by atoms with van der Waals surface area (Å²) in [5, 5.41) is 6.17. The Morgan fingerprint density at radius 2 is 1.89 bits per heavy atom. The quantitative estimate of drug-likeness (QED) is 0.895. The highest BCUT2D eigenvalue weighted by atomic mass is 79.9. The summed E-state index contributed by atoms with van der Waals surface area (Å²) in [6.07, 6.45) is 3.95. The molecule has 3 nitrogen and oxygen atoms in total. The van der Waals surface area contributed by atoms with Gasteiger partial charge in [0.1, 0.15) is 5.82 Å². The van der Waals surface area contributed by atoms with Gasteiger partial charge in [-0.25, -0.2) is 4.39 Å². The number of amides is 1. The number of nitrogens with one attached hydrogen (secondary N) is 2. The molecule has 1 saturated carbocycles. The minimum atomic E-state index is -0.490. The number of benzene rings is 1. The van der Waals surface area contributed by atoms with Crippen LogP contribution in [0.15, 0.2) is 22.7 Å². The van der Waals surface area contributed by atoms with Crippen LogP contribution in [-0.2, 0) is 0 Å². The fourth-order valence-corrected chi connectivity index (χ4v) is 3.02. The Balaban J connectivity index is 1.98. The molecule has 0 aliphatic heterocycles. The van der Waals surface area contributed by atoms with Crippen LogP contribution >= 0.6 is 15.9 Å². The van der Waals surface area contributed by atoms with Gasteiger partial charge in [-0.05, 0) is 60.8 Å². The van der Waals surface area contributed by atoms with E-state index in [1.165, 1.54) is 6.07 Å². The number of hydrogen-bond donors (Lipinski definition) is 2. The first-order valence-corrected chi connectivity index (χ1v) is 7.33. The van der Waals surface area contributed by atoms with E-state index in [4.69, 9.17) is 0 Å². The second kappa shape index (κ2) is 6.48. The molecule has 1 fully saturated rings. The predicted molar refractivity (Wildman–Crippen MR) is 76.7 cm³/mol. The van der Waals surface area contributed by atoms with E-state index in [2.05, 4.69) is 26.6 Å². The summed E-state index contributed by atoms with van der Waals surface area (Å²) in [7, 11) is 1.96. The predicted octanol–water partition coefficient (Wildman–Crippen LogP) is 2.85. The highest BCUT2D eigenvalue weighted by Crippen LogP contribution is 2.22. The first-order chi connectivity index (χ1) is 9.11. The largest absolute Gasteiger partial charge is 0.349 e. The van der Waals surface area contributed by atoms with Gasteiger partial charge in [0.2, 0.25) is 0 Å². The molecule has 104 valence electrons. The number of carbonyl (C=O) groups is 1. The maximum atomic E-state index is 13.7. The van der Waals surface area contributed by atoms with E-state index in [-0.39, 0.29) is 17.5 Å². The summed E-state index contributed by atoms with van der Waals surface area (Å²) in [6.45, 7) is 0. The summed E-state index contributed by atoms with van der Waals surface area (Å²) in [5.74, 6) is -0.825. The molecule has 0 aromatic heterocycles. The average molecular weight is 329 g/mol. The molecule has 1 aliphatic rings. The fraction of sp³-hybridized carbons (Fsp3) is 0.500. The van der Waals surface area contributed by atoms with Crippen LogP contribution in [0.5, 0.6) is 0 Å². The fourth-order valence-electron chi connectivity index (χ4n) is 2.50. The van der Waals surface area contributed by atoms with E-state index in [1.54, 1.807) is 12.1 Å². The van der Waals surface area contributed by atoms with Gasteiger partial charge in [-0.1, -0.05) is 6.07 Å². The van der Waals surface area contributed by atoms with Crippen molar-refractivity contribution >= 4 is 21.8 Å². The van der Waals surface area contributed by atoms with Crippen LogP contribution in [-0.4, -0.2) is 25.0 Å².